The summed E-state index contributed by atoms with van der Waals surface area (Å²) in [4.78, 5) is 4.21. The van der Waals surface area contributed by atoms with Crippen LogP contribution in [0.25, 0.3) is 0 Å². The maximum absolute atomic E-state index is 10.0. The van der Waals surface area contributed by atoms with Crippen molar-refractivity contribution in [2.24, 2.45) is 5.92 Å². The molecule has 1 unspecified atom stereocenters. The lowest BCUT2D eigenvalue weighted by Crippen LogP contribution is -2.08. The molecule has 2 rings (SSSR count). The first-order valence-corrected chi connectivity index (χ1v) is 6.83. The molecule has 0 saturated carbocycles. The molecule has 4 nitrogen and oxygen atoms in total. The lowest BCUT2D eigenvalue weighted by atomic mass is 10.0. The van der Waals surface area contributed by atoms with Gasteiger partial charge in [-0.25, -0.2) is 4.98 Å². The standard InChI is InChI=1S/C15H23N3O/c1-11(2)15(19)13-5-6-17(8-13)9-14-7-16-10-18(14)12(3)4/h5-8,10-12,15,19H,9H2,1-4H3. The van der Waals surface area contributed by atoms with Crippen molar-refractivity contribution in [3.05, 3.63) is 42.2 Å². The number of aliphatic hydroxyl groups excluding tert-OH is 1. The van der Waals surface area contributed by atoms with Crippen LogP contribution in [-0.2, 0) is 6.54 Å². The van der Waals surface area contributed by atoms with Gasteiger partial charge in [-0.15, -0.1) is 0 Å². The zero-order chi connectivity index (χ0) is 14.0. The Balaban J connectivity index is 2.14. The summed E-state index contributed by atoms with van der Waals surface area (Å²) >= 11 is 0. The smallest absolute Gasteiger partial charge is 0.0951 e. The van der Waals surface area contributed by atoms with Crippen LogP contribution in [0.2, 0.25) is 0 Å². The Morgan fingerprint density at radius 2 is 2.00 bits per heavy atom. The van der Waals surface area contributed by atoms with Crippen molar-refractivity contribution in [3.8, 4) is 0 Å². The second-order valence-electron chi connectivity index (χ2n) is 5.69. The molecule has 0 radical (unpaired) electrons. The fraction of sp³-hybridized carbons (Fsp3) is 0.533. The van der Waals surface area contributed by atoms with Crippen LogP contribution in [0.1, 0.15) is 51.1 Å². The molecule has 1 N–H and O–H groups in total. The maximum Gasteiger partial charge on any atom is 0.0951 e. The molecule has 0 aliphatic rings. The van der Waals surface area contributed by atoms with Gasteiger partial charge in [0.1, 0.15) is 0 Å². The second-order valence-corrected chi connectivity index (χ2v) is 5.69. The zero-order valence-electron chi connectivity index (χ0n) is 12.1. The van der Waals surface area contributed by atoms with Gasteiger partial charge in [0.2, 0.25) is 0 Å². The molecule has 0 aliphatic carbocycles. The predicted molar refractivity (Wildman–Crippen MR) is 75.9 cm³/mol. The summed E-state index contributed by atoms with van der Waals surface area (Å²) in [5.74, 6) is 0.233. The van der Waals surface area contributed by atoms with E-state index in [1.807, 2.05) is 44.8 Å². The first-order chi connectivity index (χ1) is 8.99. The number of imidazole rings is 1. The quantitative estimate of drug-likeness (QED) is 0.899. The van der Waals surface area contributed by atoms with E-state index in [0.717, 1.165) is 12.1 Å². The van der Waals surface area contributed by atoms with Crippen molar-refractivity contribution in [3.63, 3.8) is 0 Å². The van der Waals surface area contributed by atoms with E-state index >= 15 is 0 Å². The fourth-order valence-corrected chi connectivity index (χ4v) is 2.22. The predicted octanol–water partition coefficient (Wildman–Crippen LogP) is 3.00. The highest BCUT2D eigenvalue weighted by molar-refractivity contribution is 5.15. The van der Waals surface area contributed by atoms with Crippen molar-refractivity contribution in [1.29, 1.82) is 0 Å². The summed E-state index contributed by atoms with van der Waals surface area (Å²) in [6.07, 6.45) is 7.41. The molecule has 1 atom stereocenters. The number of hydrogen-bond acceptors (Lipinski definition) is 2. The topological polar surface area (TPSA) is 43.0 Å². The zero-order valence-corrected chi connectivity index (χ0v) is 12.1. The average molecular weight is 261 g/mol. The third kappa shape index (κ3) is 3.07. The molecule has 19 heavy (non-hydrogen) atoms. The van der Waals surface area contributed by atoms with Gasteiger partial charge in [-0.1, -0.05) is 13.8 Å². The van der Waals surface area contributed by atoms with Crippen molar-refractivity contribution in [2.75, 3.05) is 0 Å². The third-order valence-electron chi connectivity index (χ3n) is 3.39. The SMILES string of the molecule is CC(C)C(O)c1ccn(Cc2cncn2C(C)C)c1. The van der Waals surface area contributed by atoms with Crippen molar-refractivity contribution in [1.82, 2.24) is 14.1 Å². The van der Waals surface area contributed by atoms with E-state index in [9.17, 15) is 5.11 Å². The molecule has 0 bridgehead atoms. The summed E-state index contributed by atoms with van der Waals surface area (Å²) in [5.41, 5.74) is 2.15. The minimum Gasteiger partial charge on any atom is -0.388 e. The van der Waals surface area contributed by atoms with E-state index in [0.29, 0.717) is 6.04 Å². The van der Waals surface area contributed by atoms with Crippen LogP contribution in [0.3, 0.4) is 0 Å². The van der Waals surface area contributed by atoms with Crippen LogP contribution in [-0.4, -0.2) is 19.2 Å². The first kappa shape index (κ1) is 13.9. The van der Waals surface area contributed by atoms with Gasteiger partial charge in [0.15, 0.2) is 0 Å². The molecule has 0 aromatic carbocycles. The molecule has 2 aromatic heterocycles. The number of aliphatic hydroxyl groups is 1. The van der Waals surface area contributed by atoms with Gasteiger partial charge >= 0.3 is 0 Å². The van der Waals surface area contributed by atoms with Crippen LogP contribution < -0.4 is 0 Å². The van der Waals surface area contributed by atoms with Crippen LogP contribution in [0.4, 0.5) is 0 Å². The highest BCUT2D eigenvalue weighted by Crippen LogP contribution is 2.22. The summed E-state index contributed by atoms with van der Waals surface area (Å²) in [6.45, 7) is 9.12. The Morgan fingerprint density at radius 3 is 2.63 bits per heavy atom. The van der Waals surface area contributed by atoms with Gasteiger partial charge in [0, 0.05) is 24.6 Å². The van der Waals surface area contributed by atoms with Crippen molar-refractivity contribution in [2.45, 2.75) is 46.4 Å². The van der Waals surface area contributed by atoms with Crippen molar-refractivity contribution >= 4 is 0 Å². The fourth-order valence-electron chi connectivity index (χ4n) is 2.22. The molecule has 0 spiro atoms. The molecule has 104 valence electrons. The molecule has 4 heteroatoms. The van der Waals surface area contributed by atoms with Gasteiger partial charge in [-0.05, 0) is 31.4 Å². The van der Waals surface area contributed by atoms with Gasteiger partial charge in [-0.2, -0.15) is 0 Å². The highest BCUT2D eigenvalue weighted by Gasteiger charge is 2.13. The Labute approximate surface area is 114 Å². The van der Waals surface area contributed by atoms with Crippen LogP contribution >= 0.6 is 0 Å². The molecule has 2 aromatic rings. The number of hydrogen-bond donors (Lipinski definition) is 1. The first-order valence-electron chi connectivity index (χ1n) is 6.83. The molecular formula is C15H23N3O. The molecule has 2 heterocycles. The summed E-state index contributed by atoms with van der Waals surface area (Å²) in [6, 6.07) is 2.40. The molecule has 0 amide bonds. The number of nitrogens with zero attached hydrogens (tertiary/aromatic N) is 3. The number of aromatic nitrogens is 3. The van der Waals surface area contributed by atoms with Crippen LogP contribution in [0.5, 0.6) is 0 Å². The Kier molecular flexibility index (Phi) is 4.10. The Hall–Kier alpha value is -1.55. The minimum absolute atomic E-state index is 0.233. The maximum atomic E-state index is 10.0. The summed E-state index contributed by atoms with van der Waals surface area (Å²) < 4.78 is 4.26. The summed E-state index contributed by atoms with van der Waals surface area (Å²) in [5, 5.41) is 10.0. The molecule has 0 saturated heterocycles. The lowest BCUT2D eigenvalue weighted by molar-refractivity contribution is 0.127. The van der Waals surface area contributed by atoms with Crippen LogP contribution in [0.15, 0.2) is 31.0 Å². The van der Waals surface area contributed by atoms with E-state index in [4.69, 9.17) is 0 Å². The second kappa shape index (κ2) is 5.61. The number of rotatable bonds is 5. The van der Waals surface area contributed by atoms with E-state index in [1.54, 1.807) is 0 Å². The van der Waals surface area contributed by atoms with Gasteiger partial charge in [0.25, 0.3) is 0 Å². The van der Waals surface area contributed by atoms with Crippen LogP contribution in [0, 0.1) is 5.92 Å². The van der Waals surface area contributed by atoms with Gasteiger partial charge in [-0.3, -0.25) is 0 Å². The largest absolute Gasteiger partial charge is 0.388 e. The Bertz CT molecular complexity index is 525. The lowest BCUT2D eigenvalue weighted by Gasteiger charge is -2.13. The average Bonchev–Trinajstić information content (AvgIpc) is 2.97. The minimum atomic E-state index is -0.392. The van der Waals surface area contributed by atoms with Gasteiger partial charge in [0.05, 0.1) is 24.7 Å². The van der Waals surface area contributed by atoms with Gasteiger partial charge < -0.3 is 14.2 Å². The molecule has 0 fully saturated rings. The van der Waals surface area contributed by atoms with E-state index in [1.165, 1.54) is 5.69 Å². The Morgan fingerprint density at radius 1 is 1.26 bits per heavy atom. The van der Waals surface area contributed by atoms with E-state index in [2.05, 4.69) is 28.0 Å². The van der Waals surface area contributed by atoms with E-state index < -0.39 is 6.10 Å². The van der Waals surface area contributed by atoms with Crippen molar-refractivity contribution < 1.29 is 5.11 Å². The normalized spacial score (nSPS) is 13.4. The molecular weight excluding hydrogens is 238 g/mol. The molecule has 0 aliphatic heterocycles. The third-order valence-corrected chi connectivity index (χ3v) is 3.39. The van der Waals surface area contributed by atoms with E-state index in [-0.39, 0.29) is 5.92 Å². The highest BCUT2D eigenvalue weighted by atomic mass is 16.3. The summed E-state index contributed by atoms with van der Waals surface area (Å²) in [7, 11) is 0. The monoisotopic (exact) mass is 261 g/mol.